The lowest BCUT2D eigenvalue weighted by Crippen LogP contribution is -2.07. The van der Waals surface area contributed by atoms with Crippen molar-refractivity contribution in [1.82, 2.24) is 20.2 Å². The molecular weight excluding hydrogens is 266 g/mol. The molecule has 0 aliphatic rings. The molecular formula is C15H15N5O. The van der Waals surface area contributed by atoms with Crippen molar-refractivity contribution >= 4 is 0 Å². The van der Waals surface area contributed by atoms with E-state index in [2.05, 4.69) is 15.5 Å². The lowest BCUT2D eigenvalue weighted by atomic mass is 10.2. The summed E-state index contributed by atoms with van der Waals surface area (Å²) in [5.74, 6) is 1.39. The average Bonchev–Trinajstić information content (AvgIpc) is 3.02. The summed E-state index contributed by atoms with van der Waals surface area (Å²) in [4.78, 5) is 0. The molecule has 0 fully saturated rings. The minimum absolute atomic E-state index is 0.288. The summed E-state index contributed by atoms with van der Waals surface area (Å²) in [7, 11) is 0. The van der Waals surface area contributed by atoms with Crippen molar-refractivity contribution in [3.8, 4) is 11.4 Å². The van der Waals surface area contributed by atoms with Crippen molar-refractivity contribution in [2.45, 2.75) is 13.2 Å². The van der Waals surface area contributed by atoms with Crippen LogP contribution in [0.25, 0.3) is 5.69 Å². The summed E-state index contributed by atoms with van der Waals surface area (Å²) in [6.07, 6.45) is 0. The summed E-state index contributed by atoms with van der Waals surface area (Å²) in [5.41, 5.74) is 7.54. The Morgan fingerprint density at radius 2 is 1.90 bits per heavy atom. The van der Waals surface area contributed by atoms with E-state index in [4.69, 9.17) is 10.5 Å². The number of hydrogen-bond acceptors (Lipinski definition) is 5. The molecule has 3 aromatic rings. The van der Waals surface area contributed by atoms with Gasteiger partial charge in [-0.3, -0.25) is 0 Å². The van der Waals surface area contributed by atoms with Gasteiger partial charge in [0, 0.05) is 6.54 Å². The lowest BCUT2D eigenvalue weighted by Gasteiger charge is -2.07. The quantitative estimate of drug-likeness (QED) is 0.770. The molecule has 0 radical (unpaired) electrons. The molecule has 0 bridgehead atoms. The Kier molecular flexibility index (Phi) is 3.88. The van der Waals surface area contributed by atoms with Crippen LogP contribution in [0, 0.1) is 0 Å². The molecule has 21 heavy (non-hydrogen) atoms. The number of benzene rings is 2. The molecule has 2 aromatic carbocycles. The minimum Gasteiger partial charge on any atom is -0.486 e. The second-order valence-corrected chi connectivity index (χ2v) is 4.48. The summed E-state index contributed by atoms with van der Waals surface area (Å²) < 4.78 is 7.40. The van der Waals surface area contributed by atoms with E-state index in [1.165, 1.54) is 0 Å². The third kappa shape index (κ3) is 3.06. The average molecular weight is 281 g/mol. The highest BCUT2D eigenvalue weighted by molar-refractivity contribution is 5.31. The van der Waals surface area contributed by atoms with Gasteiger partial charge in [-0.15, -0.1) is 5.10 Å². The summed E-state index contributed by atoms with van der Waals surface area (Å²) in [6.45, 7) is 0.773. The number of ether oxygens (including phenoxy) is 1. The van der Waals surface area contributed by atoms with Crippen LogP contribution in [0.3, 0.4) is 0 Å². The first-order valence-corrected chi connectivity index (χ1v) is 6.61. The number of hydrogen-bond donors (Lipinski definition) is 1. The second kappa shape index (κ2) is 6.15. The molecule has 6 nitrogen and oxygen atoms in total. The maximum absolute atomic E-state index is 5.74. The van der Waals surface area contributed by atoms with E-state index in [-0.39, 0.29) is 6.61 Å². The molecule has 0 saturated carbocycles. The Bertz CT molecular complexity index is 711. The summed E-state index contributed by atoms with van der Waals surface area (Å²) in [6, 6.07) is 17.4. The van der Waals surface area contributed by atoms with Crippen molar-refractivity contribution in [3.63, 3.8) is 0 Å². The number of aromatic nitrogens is 4. The molecule has 3 rings (SSSR count). The Morgan fingerprint density at radius 3 is 2.71 bits per heavy atom. The molecule has 0 aliphatic heterocycles. The predicted octanol–water partition coefficient (Wildman–Crippen LogP) is 1.70. The van der Waals surface area contributed by atoms with Gasteiger partial charge in [-0.25, -0.2) is 0 Å². The van der Waals surface area contributed by atoms with Gasteiger partial charge in [-0.05, 0) is 40.3 Å². The topological polar surface area (TPSA) is 78.8 Å². The molecule has 0 spiro atoms. The van der Waals surface area contributed by atoms with Crippen molar-refractivity contribution in [2.75, 3.05) is 0 Å². The second-order valence-electron chi connectivity index (χ2n) is 4.48. The molecule has 0 atom stereocenters. The van der Waals surface area contributed by atoms with Gasteiger partial charge in [0.05, 0.1) is 5.69 Å². The fourth-order valence-electron chi connectivity index (χ4n) is 1.98. The molecule has 0 saturated heterocycles. The van der Waals surface area contributed by atoms with E-state index in [1.807, 2.05) is 54.6 Å². The van der Waals surface area contributed by atoms with Crippen LogP contribution in [0.15, 0.2) is 54.6 Å². The minimum atomic E-state index is 0.288. The van der Waals surface area contributed by atoms with Gasteiger partial charge in [0.1, 0.15) is 12.4 Å². The van der Waals surface area contributed by atoms with Crippen LogP contribution < -0.4 is 10.5 Å². The zero-order chi connectivity index (χ0) is 14.5. The van der Waals surface area contributed by atoms with Gasteiger partial charge >= 0.3 is 0 Å². The highest BCUT2D eigenvalue weighted by Gasteiger charge is 2.08. The van der Waals surface area contributed by atoms with Crippen LogP contribution in [0.5, 0.6) is 5.75 Å². The van der Waals surface area contributed by atoms with E-state index in [1.54, 1.807) is 4.68 Å². The summed E-state index contributed by atoms with van der Waals surface area (Å²) >= 11 is 0. The molecule has 0 aliphatic carbocycles. The van der Waals surface area contributed by atoms with Crippen LogP contribution >= 0.6 is 0 Å². The van der Waals surface area contributed by atoms with Crippen LogP contribution in [0.1, 0.15) is 11.4 Å². The Balaban J connectivity index is 1.76. The number of tetrazole rings is 1. The molecule has 1 heterocycles. The first-order valence-electron chi connectivity index (χ1n) is 6.61. The molecule has 0 unspecified atom stereocenters. The maximum atomic E-state index is 5.74. The third-order valence-electron chi connectivity index (χ3n) is 3.04. The Hall–Kier alpha value is -2.73. The Morgan fingerprint density at radius 1 is 1.05 bits per heavy atom. The van der Waals surface area contributed by atoms with E-state index in [0.29, 0.717) is 12.4 Å². The van der Waals surface area contributed by atoms with E-state index < -0.39 is 0 Å². The normalized spacial score (nSPS) is 10.5. The first kappa shape index (κ1) is 13.3. The van der Waals surface area contributed by atoms with E-state index >= 15 is 0 Å². The fourth-order valence-corrected chi connectivity index (χ4v) is 1.98. The number of para-hydroxylation sites is 1. The fraction of sp³-hybridized carbons (Fsp3) is 0.133. The molecule has 106 valence electrons. The van der Waals surface area contributed by atoms with E-state index in [9.17, 15) is 0 Å². The van der Waals surface area contributed by atoms with Crippen molar-refractivity contribution in [2.24, 2.45) is 5.73 Å². The van der Waals surface area contributed by atoms with Crippen LogP contribution in [-0.2, 0) is 13.2 Å². The van der Waals surface area contributed by atoms with Crippen molar-refractivity contribution in [1.29, 1.82) is 0 Å². The van der Waals surface area contributed by atoms with Gasteiger partial charge in [0.2, 0.25) is 0 Å². The SMILES string of the molecule is NCc1cccc(OCc2nnnn2-c2ccccc2)c1. The number of nitrogens with two attached hydrogens (primary N) is 1. The zero-order valence-electron chi connectivity index (χ0n) is 11.4. The van der Waals surface area contributed by atoms with Gasteiger partial charge in [0.25, 0.3) is 0 Å². The first-order chi connectivity index (χ1) is 10.4. The van der Waals surface area contributed by atoms with Gasteiger partial charge < -0.3 is 10.5 Å². The van der Waals surface area contributed by atoms with Crippen LogP contribution in [0.2, 0.25) is 0 Å². The standard InChI is InChI=1S/C15H15N5O/c16-10-12-5-4-8-14(9-12)21-11-15-17-18-19-20(15)13-6-2-1-3-7-13/h1-9H,10-11,16H2. The van der Waals surface area contributed by atoms with E-state index in [0.717, 1.165) is 17.0 Å². The monoisotopic (exact) mass is 281 g/mol. The molecule has 2 N–H and O–H groups in total. The smallest absolute Gasteiger partial charge is 0.194 e. The molecule has 1 aromatic heterocycles. The molecule has 0 amide bonds. The summed E-state index contributed by atoms with van der Waals surface area (Å²) in [5, 5.41) is 11.7. The van der Waals surface area contributed by atoms with Gasteiger partial charge in [0.15, 0.2) is 5.82 Å². The maximum Gasteiger partial charge on any atom is 0.194 e. The number of rotatable bonds is 5. The largest absolute Gasteiger partial charge is 0.486 e. The predicted molar refractivity (Wildman–Crippen MR) is 77.8 cm³/mol. The van der Waals surface area contributed by atoms with Crippen molar-refractivity contribution in [3.05, 3.63) is 66.0 Å². The Labute approximate surface area is 122 Å². The highest BCUT2D eigenvalue weighted by atomic mass is 16.5. The van der Waals surface area contributed by atoms with Gasteiger partial charge in [-0.1, -0.05) is 30.3 Å². The zero-order valence-corrected chi connectivity index (χ0v) is 11.4. The highest BCUT2D eigenvalue weighted by Crippen LogP contribution is 2.15. The van der Waals surface area contributed by atoms with Crippen LogP contribution in [-0.4, -0.2) is 20.2 Å². The van der Waals surface area contributed by atoms with Crippen molar-refractivity contribution < 1.29 is 4.74 Å². The lowest BCUT2D eigenvalue weighted by molar-refractivity contribution is 0.292. The molecule has 6 heteroatoms. The van der Waals surface area contributed by atoms with Gasteiger partial charge in [-0.2, -0.15) is 4.68 Å². The van der Waals surface area contributed by atoms with Crippen LogP contribution in [0.4, 0.5) is 0 Å². The number of nitrogens with zero attached hydrogens (tertiary/aromatic N) is 4. The third-order valence-corrected chi connectivity index (χ3v) is 3.04.